The van der Waals surface area contributed by atoms with Crippen LogP contribution >= 0.6 is 12.4 Å². The molecule has 0 aromatic heterocycles. The van der Waals surface area contributed by atoms with Crippen molar-refractivity contribution in [2.75, 3.05) is 31.6 Å². The largest absolute Gasteiger partial charge is 0.377 e. The Labute approximate surface area is 142 Å². The first-order valence-electron chi connectivity index (χ1n) is 7.24. The van der Waals surface area contributed by atoms with E-state index in [2.05, 4.69) is 17.2 Å². The van der Waals surface area contributed by atoms with Gasteiger partial charge in [-0.05, 0) is 18.6 Å². The van der Waals surface area contributed by atoms with Gasteiger partial charge in [0, 0.05) is 26.1 Å². The molecule has 1 aromatic carbocycles. The number of carbonyl (C=O) groups excluding carboxylic acids is 2. The molecule has 0 aliphatic rings. The van der Waals surface area contributed by atoms with Gasteiger partial charge in [0.15, 0.2) is 0 Å². The van der Waals surface area contributed by atoms with Crippen molar-refractivity contribution < 1.29 is 14.3 Å². The lowest BCUT2D eigenvalue weighted by atomic mass is 10.1. The highest BCUT2D eigenvalue weighted by atomic mass is 35.5. The molecule has 0 atom stereocenters. The summed E-state index contributed by atoms with van der Waals surface area (Å²) in [6.45, 7) is 5.28. The lowest BCUT2D eigenvalue weighted by Gasteiger charge is -2.11. The second kappa shape index (κ2) is 12.6. The number of benzene rings is 1. The number of nitrogens with two attached hydrogens (primary N) is 1. The first-order valence-corrected chi connectivity index (χ1v) is 7.24. The molecule has 0 saturated heterocycles. The molecule has 23 heavy (non-hydrogen) atoms. The van der Waals surface area contributed by atoms with E-state index < -0.39 is 0 Å². The Morgan fingerprint density at radius 1 is 1.30 bits per heavy atom. The van der Waals surface area contributed by atoms with E-state index in [1.165, 1.54) is 0 Å². The second-order valence-corrected chi connectivity index (χ2v) is 4.61. The Morgan fingerprint density at radius 3 is 2.74 bits per heavy atom. The van der Waals surface area contributed by atoms with Crippen LogP contribution in [0.15, 0.2) is 36.9 Å². The molecular weight excluding hydrogens is 318 g/mol. The monoisotopic (exact) mass is 341 g/mol. The van der Waals surface area contributed by atoms with Gasteiger partial charge in [-0.2, -0.15) is 0 Å². The number of carbonyl (C=O) groups is 2. The van der Waals surface area contributed by atoms with E-state index in [0.717, 1.165) is 0 Å². The number of ether oxygens (including phenoxy) is 1. The number of hydrogen-bond donors (Lipinski definition) is 3. The zero-order valence-corrected chi connectivity index (χ0v) is 13.9. The molecule has 1 aromatic rings. The first-order chi connectivity index (χ1) is 10.7. The minimum Gasteiger partial charge on any atom is -0.377 e. The SMILES string of the molecule is C=CCOCCCC(=O)Nc1ccccc1C(=O)NCCN.Cl. The summed E-state index contributed by atoms with van der Waals surface area (Å²) in [6.07, 6.45) is 2.60. The molecule has 1 rings (SSSR count). The van der Waals surface area contributed by atoms with Crippen LogP contribution < -0.4 is 16.4 Å². The average molecular weight is 342 g/mol. The maximum atomic E-state index is 12.0. The van der Waals surface area contributed by atoms with Crippen molar-refractivity contribution in [3.05, 3.63) is 42.5 Å². The third-order valence-electron chi connectivity index (χ3n) is 2.80. The van der Waals surface area contributed by atoms with E-state index in [9.17, 15) is 9.59 Å². The van der Waals surface area contributed by atoms with Crippen molar-refractivity contribution in [3.63, 3.8) is 0 Å². The zero-order valence-electron chi connectivity index (χ0n) is 13.0. The predicted molar refractivity (Wildman–Crippen MR) is 94.0 cm³/mol. The maximum absolute atomic E-state index is 12.0. The number of anilines is 1. The number of rotatable bonds is 10. The van der Waals surface area contributed by atoms with Gasteiger partial charge in [0.05, 0.1) is 17.9 Å². The number of para-hydroxylation sites is 1. The van der Waals surface area contributed by atoms with Crippen LogP contribution in [-0.2, 0) is 9.53 Å². The third kappa shape index (κ3) is 8.35. The van der Waals surface area contributed by atoms with E-state index >= 15 is 0 Å². The fraction of sp³-hybridized carbons (Fsp3) is 0.375. The second-order valence-electron chi connectivity index (χ2n) is 4.61. The molecule has 0 unspecified atom stereocenters. The van der Waals surface area contributed by atoms with E-state index in [-0.39, 0.29) is 24.2 Å². The zero-order chi connectivity index (χ0) is 16.2. The molecule has 0 spiro atoms. The summed E-state index contributed by atoms with van der Waals surface area (Å²) in [4.78, 5) is 23.9. The molecule has 128 valence electrons. The van der Waals surface area contributed by atoms with Crippen molar-refractivity contribution >= 4 is 29.9 Å². The van der Waals surface area contributed by atoms with Gasteiger partial charge >= 0.3 is 0 Å². The van der Waals surface area contributed by atoms with Crippen molar-refractivity contribution in [3.8, 4) is 0 Å². The molecule has 4 N–H and O–H groups in total. The Bertz CT molecular complexity index is 509. The quantitative estimate of drug-likeness (QED) is 0.446. The fourth-order valence-electron chi connectivity index (χ4n) is 1.79. The summed E-state index contributed by atoms with van der Waals surface area (Å²) in [6, 6.07) is 6.87. The smallest absolute Gasteiger partial charge is 0.253 e. The first kappa shape index (κ1) is 21.1. The van der Waals surface area contributed by atoms with Gasteiger partial charge in [0.1, 0.15) is 0 Å². The Morgan fingerprint density at radius 2 is 2.04 bits per heavy atom. The van der Waals surface area contributed by atoms with E-state index in [0.29, 0.717) is 50.4 Å². The topological polar surface area (TPSA) is 93.4 Å². The van der Waals surface area contributed by atoms with Crippen LogP contribution in [0.4, 0.5) is 5.69 Å². The predicted octanol–water partition coefficient (Wildman–Crippen LogP) is 1.72. The molecule has 6 nitrogen and oxygen atoms in total. The average Bonchev–Trinajstić information content (AvgIpc) is 2.53. The summed E-state index contributed by atoms with van der Waals surface area (Å²) in [5.74, 6) is -0.406. The van der Waals surface area contributed by atoms with Gasteiger partial charge in [-0.1, -0.05) is 18.2 Å². The Kier molecular flexibility index (Phi) is 11.6. The molecule has 2 amide bonds. The van der Waals surface area contributed by atoms with Crippen LogP contribution in [-0.4, -0.2) is 38.1 Å². The molecule has 0 saturated carbocycles. The maximum Gasteiger partial charge on any atom is 0.253 e. The van der Waals surface area contributed by atoms with E-state index in [1.54, 1.807) is 30.3 Å². The van der Waals surface area contributed by atoms with Gasteiger partial charge in [0.2, 0.25) is 5.91 Å². The molecule has 7 heteroatoms. The molecular formula is C16H24ClN3O3. The van der Waals surface area contributed by atoms with E-state index in [4.69, 9.17) is 10.5 Å². The summed E-state index contributed by atoms with van der Waals surface area (Å²) in [5.41, 5.74) is 6.28. The van der Waals surface area contributed by atoms with Crippen LogP contribution in [0.5, 0.6) is 0 Å². The minimum absolute atomic E-state index is 0. The van der Waals surface area contributed by atoms with Crippen LogP contribution in [0.25, 0.3) is 0 Å². The normalized spacial score (nSPS) is 9.61. The number of halogens is 1. The van der Waals surface area contributed by atoms with Crippen LogP contribution in [0, 0.1) is 0 Å². The summed E-state index contributed by atoms with van der Waals surface area (Å²) in [5, 5.41) is 5.44. The molecule has 0 fully saturated rings. The molecule has 0 aliphatic carbocycles. The molecule has 0 heterocycles. The lowest BCUT2D eigenvalue weighted by molar-refractivity contribution is -0.116. The van der Waals surface area contributed by atoms with Crippen LogP contribution in [0.3, 0.4) is 0 Å². The fourth-order valence-corrected chi connectivity index (χ4v) is 1.79. The lowest BCUT2D eigenvalue weighted by Crippen LogP contribution is -2.30. The van der Waals surface area contributed by atoms with Crippen molar-refractivity contribution in [1.29, 1.82) is 0 Å². The van der Waals surface area contributed by atoms with Gasteiger partial charge in [-0.3, -0.25) is 9.59 Å². The summed E-state index contributed by atoms with van der Waals surface area (Å²) < 4.78 is 5.22. The van der Waals surface area contributed by atoms with Crippen molar-refractivity contribution in [2.24, 2.45) is 5.73 Å². The molecule has 0 aliphatic heterocycles. The molecule has 0 bridgehead atoms. The van der Waals surface area contributed by atoms with Crippen LogP contribution in [0.2, 0.25) is 0 Å². The van der Waals surface area contributed by atoms with Crippen molar-refractivity contribution in [2.45, 2.75) is 12.8 Å². The van der Waals surface area contributed by atoms with Gasteiger partial charge in [-0.25, -0.2) is 0 Å². The Balaban J connectivity index is 0.00000484. The highest BCUT2D eigenvalue weighted by molar-refractivity contribution is 6.03. The number of nitrogens with one attached hydrogen (secondary N) is 2. The minimum atomic E-state index is -0.254. The van der Waals surface area contributed by atoms with Gasteiger partial charge in [0.25, 0.3) is 5.91 Å². The molecule has 0 radical (unpaired) electrons. The third-order valence-corrected chi connectivity index (χ3v) is 2.80. The van der Waals surface area contributed by atoms with Crippen molar-refractivity contribution in [1.82, 2.24) is 5.32 Å². The van der Waals surface area contributed by atoms with Gasteiger partial charge < -0.3 is 21.1 Å². The summed E-state index contributed by atoms with van der Waals surface area (Å²) in [7, 11) is 0. The number of hydrogen-bond acceptors (Lipinski definition) is 4. The van der Waals surface area contributed by atoms with E-state index in [1.807, 2.05) is 0 Å². The van der Waals surface area contributed by atoms with Crippen LogP contribution in [0.1, 0.15) is 23.2 Å². The van der Waals surface area contributed by atoms with Gasteiger partial charge in [-0.15, -0.1) is 19.0 Å². The highest BCUT2D eigenvalue weighted by Crippen LogP contribution is 2.15. The summed E-state index contributed by atoms with van der Waals surface area (Å²) >= 11 is 0. The standard InChI is InChI=1S/C16H23N3O3.ClH/c1-2-11-22-12-5-8-15(20)19-14-7-4-3-6-13(14)16(21)18-10-9-17;/h2-4,6-7H,1,5,8-12,17H2,(H,18,21)(H,19,20);1H. The highest BCUT2D eigenvalue weighted by Gasteiger charge is 2.12. The number of amides is 2. The Hall–Kier alpha value is -1.89.